The van der Waals surface area contributed by atoms with Crippen LogP contribution in [0.1, 0.15) is 40.0 Å². The molecule has 1 aliphatic rings. The third kappa shape index (κ3) is 5.50. The predicted molar refractivity (Wildman–Crippen MR) is 64.0 cm³/mol. The van der Waals surface area contributed by atoms with Gasteiger partial charge in [0.05, 0.1) is 6.10 Å². The number of hydrogen-bond donors (Lipinski definition) is 1. The van der Waals surface area contributed by atoms with Crippen LogP contribution in [0, 0.1) is 0 Å². The predicted octanol–water partition coefficient (Wildman–Crippen LogP) is 1.61. The first kappa shape index (κ1) is 12.9. The molecule has 0 radical (unpaired) electrons. The van der Waals surface area contributed by atoms with E-state index in [1.54, 1.807) is 0 Å². The molecule has 0 amide bonds. The number of rotatable bonds is 6. The van der Waals surface area contributed by atoms with E-state index in [9.17, 15) is 0 Å². The SMILES string of the molecule is CCN(CCC(C)(C)N)CC1CCCO1. The van der Waals surface area contributed by atoms with E-state index in [0.717, 1.165) is 32.7 Å². The van der Waals surface area contributed by atoms with Crippen LogP contribution in [0.2, 0.25) is 0 Å². The van der Waals surface area contributed by atoms with Crippen molar-refractivity contribution in [1.29, 1.82) is 0 Å². The van der Waals surface area contributed by atoms with Gasteiger partial charge in [-0.15, -0.1) is 0 Å². The molecule has 1 atom stereocenters. The molecule has 0 aromatic rings. The van der Waals surface area contributed by atoms with E-state index in [0.29, 0.717) is 6.10 Å². The number of ether oxygens (including phenoxy) is 1. The van der Waals surface area contributed by atoms with E-state index in [4.69, 9.17) is 10.5 Å². The van der Waals surface area contributed by atoms with Gasteiger partial charge < -0.3 is 15.4 Å². The molecular formula is C12H26N2O. The number of nitrogens with zero attached hydrogens (tertiary/aromatic N) is 1. The summed E-state index contributed by atoms with van der Waals surface area (Å²) in [6, 6.07) is 0. The zero-order valence-corrected chi connectivity index (χ0v) is 10.5. The lowest BCUT2D eigenvalue weighted by molar-refractivity contribution is 0.0727. The second kappa shape index (κ2) is 5.83. The molecule has 3 nitrogen and oxygen atoms in total. The van der Waals surface area contributed by atoms with Crippen LogP contribution < -0.4 is 5.73 Å². The first-order chi connectivity index (χ1) is 7.01. The second-order valence-corrected chi connectivity index (χ2v) is 5.27. The monoisotopic (exact) mass is 214 g/mol. The molecule has 0 spiro atoms. The average Bonchev–Trinajstić information content (AvgIpc) is 2.63. The molecule has 3 heteroatoms. The topological polar surface area (TPSA) is 38.5 Å². The Labute approximate surface area is 94.0 Å². The van der Waals surface area contributed by atoms with Gasteiger partial charge in [0.1, 0.15) is 0 Å². The summed E-state index contributed by atoms with van der Waals surface area (Å²) in [7, 11) is 0. The highest BCUT2D eigenvalue weighted by Gasteiger charge is 2.19. The van der Waals surface area contributed by atoms with Gasteiger partial charge in [-0.05, 0) is 46.2 Å². The van der Waals surface area contributed by atoms with Gasteiger partial charge in [-0.3, -0.25) is 0 Å². The summed E-state index contributed by atoms with van der Waals surface area (Å²) in [5.41, 5.74) is 5.94. The fourth-order valence-electron chi connectivity index (χ4n) is 1.90. The van der Waals surface area contributed by atoms with Gasteiger partial charge >= 0.3 is 0 Å². The van der Waals surface area contributed by atoms with Crippen molar-refractivity contribution in [1.82, 2.24) is 4.90 Å². The van der Waals surface area contributed by atoms with Crippen LogP contribution in [0.4, 0.5) is 0 Å². The first-order valence-corrected chi connectivity index (χ1v) is 6.14. The van der Waals surface area contributed by atoms with Crippen molar-refractivity contribution >= 4 is 0 Å². The molecule has 0 bridgehead atoms. The van der Waals surface area contributed by atoms with Gasteiger partial charge in [-0.25, -0.2) is 0 Å². The first-order valence-electron chi connectivity index (χ1n) is 6.14. The Morgan fingerprint density at radius 3 is 2.67 bits per heavy atom. The van der Waals surface area contributed by atoms with Crippen molar-refractivity contribution in [3.05, 3.63) is 0 Å². The van der Waals surface area contributed by atoms with E-state index in [1.807, 2.05) is 0 Å². The minimum Gasteiger partial charge on any atom is -0.377 e. The van der Waals surface area contributed by atoms with Crippen molar-refractivity contribution in [3.8, 4) is 0 Å². The van der Waals surface area contributed by atoms with Gasteiger partial charge in [-0.2, -0.15) is 0 Å². The maximum absolute atomic E-state index is 5.99. The van der Waals surface area contributed by atoms with E-state index >= 15 is 0 Å². The summed E-state index contributed by atoms with van der Waals surface area (Å²) >= 11 is 0. The Morgan fingerprint density at radius 1 is 1.47 bits per heavy atom. The summed E-state index contributed by atoms with van der Waals surface area (Å²) in [6.45, 7) is 10.6. The minimum absolute atomic E-state index is 0.0516. The fourth-order valence-corrected chi connectivity index (χ4v) is 1.90. The molecule has 1 saturated heterocycles. The molecule has 90 valence electrons. The molecule has 1 fully saturated rings. The standard InChI is InChI=1S/C12H26N2O/c1-4-14(8-7-12(2,3)13)10-11-6-5-9-15-11/h11H,4-10,13H2,1-3H3. The maximum Gasteiger partial charge on any atom is 0.0702 e. The van der Waals surface area contributed by atoms with Gasteiger partial charge in [0, 0.05) is 18.7 Å². The molecule has 1 rings (SSSR count). The van der Waals surface area contributed by atoms with E-state index in [2.05, 4.69) is 25.7 Å². The third-order valence-corrected chi connectivity index (χ3v) is 3.01. The normalized spacial score (nSPS) is 22.6. The van der Waals surface area contributed by atoms with Crippen LogP contribution in [0.25, 0.3) is 0 Å². The van der Waals surface area contributed by atoms with Crippen molar-refractivity contribution in [2.75, 3.05) is 26.2 Å². The summed E-state index contributed by atoms with van der Waals surface area (Å²) in [4.78, 5) is 2.45. The Morgan fingerprint density at radius 2 is 2.20 bits per heavy atom. The van der Waals surface area contributed by atoms with Gasteiger partial charge in [0.25, 0.3) is 0 Å². The highest BCUT2D eigenvalue weighted by Crippen LogP contribution is 2.14. The minimum atomic E-state index is -0.0516. The largest absolute Gasteiger partial charge is 0.377 e. The van der Waals surface area contributed by atoms with Gasteiger partial charge in [0.15, 0.2) is 0 Å². The molecule has 0 aromatic heterocycles. The van der Waals surface area contributed by atoms with Crippen molar-refractivity contribution in [2.24, 2.45) is 5.73 Å². The zero-order chi connectivity index (χ0) is 11.3. The van der Waals surface area contributed by atoms with Crippen LogP contribution in [0.5, 0.6) is 0 Å². The average molecular weight is 214 g/mol. The lowest BCUT2D eigenvalue weighted by atomic mass is 10.0. The quantitative estimate of drug-likeness (QED) is 0.730. The summed E-state index contributed by atoms with van der Waals surface area (Å²) in [5.74, 6) is 0. The molecule has 0 aromatic carbocycles. The molecule has 0 saturated carbocycles. The van der Waals surface area contributed by atoms with Crippen molar-refractivity contribution < 1.29 is 4.74 Å². The van der Waals surface area contributed by atoms with Crippen LogP contribution in [0.3, 0.4) is 0 Å². The lowest BCUT2D eigenvalue weighted by Crippen LogP contribution is -2.39. The second-order valence-electron chi connectivity index (χ2n) is 5.27. The number of nitrogens with two attached hydrogens (primary N) is 1. The molecule has 1 unspecified atom stereocenters. The van der Waals surface area contributed by atoms with Crippen LogP contribution in [-0.4, -0.2) is 42.8 Å². The Kier molecular flexibility index (Phi) is 5.03. The lowest BCUT2D eigenvalue weighted by Gasteiger charge is -2.27. The number of hydrogen-bond acceptors (Lipinski definition) is 3. The van der Waals surface area contributed by atoms with Crippen LogP contribution in [-0.2, 0) is 4.74 Å². The van der Waals surface area contributed by atoms with E-state index in [-0.39, 0.29) is 5.54 Å². The summed E-state index contributed by atoms with van der Waals surface area (Å²) in [5, 5.41) is 0. The van der Waals surface area contributed by atoms with Crippen LogP contribution >= 0.6 is 0 Å². The van der Waals surface area contributed by atoms with Crippen molar-refractivity contribution in [2.45, 2.75) is 51.7 Å². The molecule has 1 aliphatic heterocycles. The summed E-state index contributed by atoms with van der Waals surface area (Å²) < 4.78 is 5.64. The van der Waals surface area contributed by atoms with Crippen LogP contribution in [0.15, 0.2) is 0 Å². The van der Waals surface area contributed by atoms with E-state index < -0.39 is 0 Å². The summed E-state index contributed by atoms with van der Waals surface area (Å²) in [6.07, 6.45) is 3.96. The third-order valence-electron chi connectivity index (χ3n) is 3.01. The molecular weight excluding hydrogens is 188 g/mol. The van der Waals surface area contributed by atoms with Crippen molar-refractivity contribution in [3.63, 3.8) is 0 Å². The fraction of sp³-hybridized carbons (Fsp3) is 1.00. The molecule has 1 heterocycles. The smallest absolute Gasteiger partial charge is 0.0702 e. The van der Waals surface area contributed by atoms with Gasteiger partial charge in [-0.1, -0.05) is 6.92 Å². The highest BCUT2D eigenvalue weighted by molar-refractivity contribution is 4.76. The highest BCUT2D eigenvalue weighted by atomic mass is 16.5. The zero-order valence-electron chi connectivity index (χ0n) is 10.5. The Balaban J connectivity index is 2.22. The Bertz CT molecular complexity index is 171. The van der Waals surface area contributed by atoms with E-state index in [1.165, 1.54) is 12.8 Å². The number of likely N-dealkylation sites (N-methyl/N-ethyl adjacent to an activating group) is 1. The molecule has 0 aliphatic carbocycles. The molecule has 2 N–H and O–H groups in total. The Hall–Kier alpha value is -0.120. The van der Waals surface area contributed by atoms with Gasteiger partial charge in [0.2, 0.25) is 0 Å². The maximum atomic E-state index is 5.99. The molecule has 15 heavy (non-hydrogen) atoms.